The summed E-state index contributed by atoms with van der Waals surface area (Å²) in [5.74, 6) is 3.04. The van der Waals surface area contributed by atoms with Crippen molar-refractivity contribution in [3.05, 3.63) is 82.0 Å². The Kier molecular flexibility index (Phi) is 6.17. The topological polar surface area (TPSA) is 79.2 Å². The minimum atomic E-state index is -0.171. The highest BCUT2D eigenvalue weighted by Crippen LogP contribution is 2.23. The molecule has 1 fully saturated rings. The molecule has 5 rings (SSSR count). The number of nitrogens with one attached hydrogen (secondary N) is 1. The summed E-state index contributed by atoms with van der Waals surface area (Å²) in [4.78, 5) is 31.3. The minimum Gasteiger partial charge on any atom is -0.369 e. The van der Waals surface area contributed by atoms with Gasteiger partial charge in [0.1, 0.15) is 5.65 Å². The van der Waals surface area contributed by atoms with Crippen molar-refractivity contribution in [1.29, 1.82) is 0 Å². The van der Waals surface area contributed by atoms with E-state index in [9.17, 15) is 4.79 Å². The summed E-state index contributed by atoms with van der Waals surface area (Å²) < 4.78 is 1.63. The van der Waals surface area contributed by atoms with Crippen molar-refractivity contribution in [3.8, 4) is 12.3 Å². The van der Waals surface area contributed by atoms with Gasteiger partial charge in [-0.1, -0.05) is 12.0 Å². The standard InChI is InChI=1S/C27H27N7O/c1-4-23-19(2)26(35)34(18-20-6-5-11-28-16-20)25-24(23)17-29-27(31-25)30-21-7-9-22(10-8-21)33-14-12-32(3)13-15-33/h1,5-11,16-17H,12-15,18H2,2-3H3,(H,29,30,31). The molecule has 1 N–H and O–H groups in total. The van der Waals surface area contributed by atoms with Crippen LogP contribution in [0.1, 0.15) is 16.7 Å². The Labute approximate surface area is 204 Å². The molecule has 8 heteroatoms. The van der Waals surface area contributed by atoms with E-state index in [0.29, 0.717) is 34.7 Å². The lowest BCUT2D eigenvalue weighted by molar-refractivity contribution is 0.313. The number of anilines is 3. The SMILES string of the molecule is C#Cc1c(C)c(=O)n(Cc2cccnc2)c2nc(Nc3ccc(N4CCN(C)CC4)cc3)ncc12. The number of hydrogen-bond donors (Lipinski definition) is 1. The third-order valence-corrected chi connectivity index (χ3v) is 6.43. The number of hydrogen-bond acceptors (Lipinski definition) is 7. The number of aromatic nitrogens is 4. The molecule has 8 nitrogen and oxygen atoms in total. The van der Waals surface area contributed by atoms with Crippen molar-refractivity contribution >= 4 is 28.4 Å². The molecule has 35 heavy (non-hydrogen) atoms. The van der Waals surface area contributed by atoms with E-state index in [4.69, 9.17) is 11.4 Å². The van der Waals surface area contributed by atoms with Gasteiger partial charge >= 0.3 is 0 Å². The molecule has 0 radical (unpaired) electrons. The molecule has 4 heterocycles. The summed E-state index contributed by atoms with van der Waals surface area (Å²) >= 11 is 0. The monoisotopic (exact) mass is 465 g/mol. The Hall–Kier alpha value is -4.22. The number of piperazine rings is 1. The first-order valence-electron chi connectivity index (χ1n) is 11.6. The molecule has 176 valence electrons. The molecular weight excluding hydrogens is 438 g/mol. The molecule has 0 atom stereocenters. The van der Waals surface area contributed by atoms with Crippen molar-refractivity contribution in [1.82, 2.24) is 24.4 Å². The van der Waals surface area contributed by atoms with Crippen LogP contribution >= 0.6 is 0 Å². The molecule has 3 aromatic heterocycles. The molecule has 0 aliphatic carbocycles. The lowest BCUT2D eigenvalue weighted by Crippen LogP contribution is -2.44. The summed E-state index contributed by atoms with van der Waals surface area (Å²) in [6.07, 6.45) is 10.9. The number of pyridine rings is 2. The zero-order valence-electron chi connectivity index (χ0n) is 19.9. The van der Waals surface area contributed by atoms with Gasteiger partial charge in [0.05, 0.1) is 11.9 Å². The second kappa shape index (κ2) is 9.57. The van der Waals surface area contributed by atoms with Crippen LogP contribution in [0.15, 0.2) is 59.8 Å². The van der Waals surface area contributed by atoms with E-state index in [1.54, 1.807) is 30.1 Å². The average Bonchev–Trinajstić information content (AvgIpc) is 2.89. The summed E-state index contributed by atoms with van der Waals surface area (Å²) in [6.45, 7) is 6.23. The first-order valence-corrected chi connectivity index (χ1v) is 11.6. The predicted octanol–water partition coefficient (Wildman–Crippen LogP) is 3.02. The highest BCUT2D eigenvalue weighted by molar-refractivity contribution is 5.84. The quantitative estimate of drug-likeness (QED) is 0.454. The maximum atomic E-state index is 13.2. The Bertz CT molecular complexity index is 1450. The first-order chi connectivity index (χ1) is 17.0. The molecular formula is C27H27N7O. The maximum Gasteiger partial charge on any atom is 0.256 e. The normalized spacial score (nSPS) is 14.1. The smallest absolute Gasteiger partial charge is 0.256 e. The molecule has 1 aliphatic heterocycles. The van der Waals surface area contributed by atoms with Crippen LogP contribution in [0, 0.1) is 19.3 Å². The van der Waals surface area contributed by atoms with Crippen LogP contribution in [0.5, 0.6) is 0 Å². The van der Waals surface area contributed by atoms with Crippen LogP contribution in [0.2, 0.25) is 0 Å². The molecule has 4 aromatic rings. The third kappa shape index (κ3) is 4.59. The molecule has 1 aromatic carbocycles. The summed E-state index contributed by atoms with van der Waals surface area (Å²) in [7, 11) is 2.15. The van der Waals surface area contributed by atoms with E-state index in [-0.39, 0.29) is 5.56 Å². The second-order valence-corrected chi connectivity index (χ2v) is 8.79. The van der Waals surface area contributed by atoms with Gasteiger partial charge in [0.2, 0.25) is 5.95 Å². The lowest BCUT2D eigenvalue weighted by atomic mass is 10.1. The van der Waals surface area contributed by atoms with Gasteiger partial charge in [-0.25, -0.2) is 4.98 Å². The van der Waals surface area contributed by atoms with Gasteiger partial charge in [-0.15, -0.1) is 6.42 Å². The molecule has 0 unspecified atom stereocenters. The van der Waals surface area contributed by atoms with Crippen LogP contribution < -0.4 is 15.8 Å². The van der Waals surface area contributed by atoms with Crippen molar-refractivity contribution in [2.24, 2.45) is 0 Å². The van der Waals surface area contributed by atoms with Crippen LogP contribution in [0.25, 0.3) is 11.0 Å². The second-order valence-electron chi connectivity index (χ2n) is 8.79. The fourth-order valence-electron chi connectivity index (χ4n) is 4.38. The van der Waals surface area contributed by atoms with Crippen molar-refractivity contribution in [2.75, 3.05) is 43.4 Å². The Balaban J connectivity index is 1.47. The van der Waals surface area contributed by atoms with Crippen LogP contribution in [-0.2, 0) is 6.54 Å². The van der Waals surface area contributed by atoms with Gasteiger partial charge in [0.25, 0.3) is 5.56 Å². The van der Waals surface area contributed by atoms with Crippen LogP contribution in [-0.4, -0.2) is 57.6 Å². The average molecular weight is 466 g/mol. The van der Waals surface area contributed by atoms with Gasteiger partial charge < -0.3 is 15.1 Å². The largest absolute Gasteiger partial charge is 0.369 e. The van der Waals surface area contributed by atoms with E-state index in [1.807, 2.05) is 24.3 Å². The van der Waals surface area contributed by atoms with Gasteiger partial charge in [0.15, 0.2) is 0 Å². The molecule has 0 saturated carbocycles. The molecule has 0 amide bonds. The van der Waals surface area contributed by atoms with Gasteiger partial charge in [0, 0.05) is 67.3 Å². The summed E-state index contributed by atoms with van der Waals surface area (Å²) in [5, 5.41) is 3.94. The van der Waals surface area contributed by atoms with E-state index < -0.39 is 0 Å². The Morgan fingerprint density at radius 1 is 1.09 bits per heavy atom. The van der Waals surface area contributed by atoms with E-state index in [2.05, 4.69) is 50.2 Å². The molecule has 1 aliphatic rings. The Morgan fingerprint density at radius 3 is 2.54 bits per heavy atom. The number of fused-ring (bicyclic) bond motifs is 1. The maximum absolute atomic E-state index is 13.2. The van der Waals surface area contributed by atoms with Crippen molar-refractivity contribution in [3.63, 3.8) is 0 Å². The van der Waals surface area contributed by atoms with Gasteiger partial charge in [-0.05, 0) is 49.9 Å². The van der Waals surface area contributed by atoms with E-state index >= 15 is 0 Å². The van der Waals surface area contributed by atoms with Gasteiger partial charge in [-0.2, -0.15) is 4.98 Å². The van der Waals surface area contributed by atoms with Crippen LogP contribution in [0.3, 0.4) is 0 Å². The van der Waals surface area contributed by atoms with Crippen LogP contribution in [0.4, 0.5) is 17.3 Å². The number of likely N-dealkylation sites (N-methyl/N-ethyl adjacent to an activating group) is 1. The highest BCUT2D eigenvalue weighted by atomic mass is 16.1. The molecule has 0 bridgehead atoms. The third-order valence-electron chi connectivity index (χ3n) is 6.43. The minimum absolute atomic E-state index is 0.171. The van der Waals surface area contributed by atoms with Gasteiger partial charge in [-0.3, -0.25) is 14.3 Å². The number of nitrogens with zero attached hydrogens (tertiary/aromatic N) is 6. The summed E-state index contributed by atoms with van der Waals surface area (Å²) in [6, 6.07) is 12.0. The molecule has 0 spiro atoms. The summed E-state index contributed by atoms with van der Waals surface area (Å²) in [5.41, 5.74) is 4.31. The fourth-order valence-corrected chi connectivity index (χ4v) is 4.38. The first kappa shape index (κ1) is 22.6. The van der Waals surface area contributed by atoms with Crippen molar-refractivity contribution < 1.29 is 0 Å². The number of rotatable bonds is 5. The zero-order valence-corrected chi connectivity index (χ0v) is 19.9. The van der Waals surface area contributed by atoms with Crippen molar-refractivity contribution in [2.45, 2.75) is 13.5 Å². The fraction of sp³-hybridized carbons (Fsp3) is 0.259. The highest BCUT2D eigenvalue weighted by Gasteiger charge is 2.17. The lowest BCUT2D eigenvalue weighted by Gasteiger charge is -2.34. The predicted molar refractivity (Wildman–Crippen MR) is 139 cm³/mol. The Morgan fingerprint density at radius 2 is 1.86 bits per heavy atom. The molecule has 1 saturated heterocycles. The zero-order chi connectivity index (χ0) is 24.4. The number of benzene rings is 1. The van der Waals surface area contributed by atoms with E-state index in [1.165, 1.54) is 5.69 Å². The van der Waals surface area contributed by atoms with E-state index in [0.717, 1.165) is 37.4 Å². The number of terminal acetylenes is 1.